The van der Waals surface area contributed by atoms with E-state index in [1.54, 1.807) is 12.1 Å². The van der Waals surface area contributed by atoms with Crippen molar-refractivity contribution >= 4 is 68.6 Å². The van der Waals surface area contributed by atoms with E-state index in [4.69, 9.17) is 40.5 Å². The Bertz CT molecular complexity index is 652. The lowest BCUT2D eigenvalue weighted by Crippen LogP contribution is -1.98. The average Bonchev–Trinajstić information content (AvgIpc) is 2.75. The van der Waals surface area contributed by atoms with Crippen LogP contribution in [-0.4, -0.2) is 18.1 Å². The van der Waals surface area contributed by atoms with Crippen LogP contribution in [0, 0.1) is 0 Å². The molecule has 0 spiro atoms. The number of hydrogen-bond acceptors (Lipinski definition) is 6. The van der Waals surface area contributed by atoms with E-state index in [1.807, 2.05) is 0 Å². The molecule has 0 atom stereocenters. The molecule has 0 fully saturated rings. The number of methoxy groups -OCH3 is 1. The van der Waals surface area contributed by atoms with Crippen molar-refractivity contribution in [3.05, 3.63) is 32.2 Å². The van der Waals surface area contributed by atoms with Crippen molar-refractivity contribution in [2.24, 2.45) is 0 Å². The number of carbonyl (C=O) groups excluding carboxylic acids is 1. The van der Waals surface area contributed by atoms with Crippen LogP contribution in [-0.2, 0) is 4.74 Å². The van der Waals surface area contributed by atoms with Crippen LogP contribution >= 0.6 is 46.1 Å². The summed E-state index contributed by atoms with van der Waals surface area (Å²) in [5.41, 5.74) is 6.52. The standard InChI is InChI=1S/C11H8Cl3N3O2S/c1-19-10(18)8-9(14)17-11(20-8)16-4-2-5(12)7(15)6(13)3-4/h2-3H,15H2,1H3,(H,16,17). The van der Waals surface area contributed by atoms with Crippen molar-refractivity contribution < 1.29 is 9.53 Å². The Morgan fingerprint density at radius 3 is 2.50 bits per heavy atom. The SMILES string of the molecule is COC(=O)c1sc(Nc2cc(Cl)c(N)c(Cl)c2)nc1Cl. The van der Waals surface area contributed by atoms with Gasteiger partial charge in [0, 0.05) is 5.69 Å². The molecule has 0 aliphatic rings. The zero-order chi connectivity index (χ0) is 14.9. The summed E-state index contributed by atoms with van der Waals surface area (Å²) >= 11 is 18.8. The summed E-state index contributed by atoms with van der Waals surface area (Å²) < 4.78 is 4.60. The van der Waals surface area contributed by atoms with Crippen LogP contribution in [0.25, 0.3) is 0 Å². The van der Waals surface area contributed by atoms with Crippen LogP contribution in [0.1, 0.15) is 9.67 Å². The zero-order valence-corrected chi connectivity index (χ0v) is 13.1. The molecule has 2 aromatic rings. The number of anilines is 3. The first kappa shape index (κ1) is 15.2. The summed E-state index contributed by atoms with van der Waals surface area (Å²) in [5.74, 6) is -0.547. The zero-order valence-electron chi connectivity index (χ0n) is 10.0. The molecule has 1 heterocycles. The maximum absolute atomic E-state index is 11.4. The molecule has 106 valence electrons. The quantitative estimate of drug-likeness (QED) is 0.639. The van der Waals surface area contributed by atoms with Gasteiger partial charge >= 0.3 is 5.97 Å². The Balaban J connectivity index is 2.29. The minimum atomic E-state index is -0.547. The fourth-order valence-corrected chi connectivity index (χ4v) is 2.96. The molecule has 0 radical (unpaired) electrons. The predicted octanol–water partition coefficient (Wildman–Crippen LogP) is 4.22. The molecule has 5 nitrogen and oxygen atoms in total. The lowest BCUT2D eigenvalue weighted by atomic mass is 10.3. The van der Waals surface area contributed by atoms with Crippen LogP contribution in [0.2, 0.25) is 15.2 Å². The Morgan fingerprint density at radius 2 is 1.95 bits per heavy atom. The van der Waals surface area contributed by atoms with Gasteiger partial charge in [0.1, 0.15) is 0 Å². The van der Waals surface area contributed by atoms with E-state index in [9.17, 15) is 4.79 Å². The summed E-state index contributed by atoms with van der Waals surface area (Å²) in [6.07, 6.45) is 0. The van der Waals surface area contributed by atoms with Gasteiger partial charge in [-0.25, -0.2) is 9.78 Å². The summed E-state index contributed by atoms with van der Waals surface area (Å²) in [7, 11) is 1.27. The van der Waals surface area contributed by atoms with E-state index >= 15 is 0 Å². The maximum Gasteiger partial charge on any atom is 0.351 e. The third-order valence-corrected chi connectivity index (χ3v) is 4.25. The van der Waals surface area contributed by atoms with Gasteiger partial charge in [-0.1, -0.05) is 46.1 Å². The third-order valence-electron chi connectivity index (χ3n) is 2.29. The molecule has 0 unspecified atom stereocenters. The second-order valence-corrected chi connectivity index (χ2v) is 5.78. The number of nitrogens with zero attached hydrogens (tertiary/aromatic N) is 1. The molecule has 0 saturated heterocycles. The Hall–Kier alpha value is -1.21. The van der Waals surface area contributed by atoms with Gasteiger partial charge in [0.05, 0.1) is 22.8 Å². The van der Waals surface area contributed by atoms with Gasteiger partial charge in [-0.2, -0.15) is 0 Å². The number of nitrogens with one attached hydrogen (secondary N) is 1. The Kier molecular flexibility index (Phi) is 4.59. The van der Waals surface area contributed by atoms with Crippen molar-refractivity contribution in [2.45, 2.75) is 0 Å². The molecular formula is C11H8Cl3N3O2S. The van der Waals surface area contributed by atoms with Gasteiger partial charge in [-0.05, 0) is 12.1 Å². The van der Waals surface area contributed by atoms with E-state index in [0.717, 1.165) is 11.3 Å². The van der Waals surface area contributed by atoms with Gasteiger partial charge in [0.25, 0.3) is 0 Å². The largest absolute Gasteiger partial charge is 0.465 e. The number of carbonyl (C=O) groups is 1. The minimum Gasteiger partial charge on any atom is -0.465 e. The summed E-state index contributed by atoms with van der Waals surface area (Å²) in [5, 5.41) is 4.05. The second-order valence-electron chi connectivity index (χ2n) is 3.61. The van der Waals surface area contributed by atoms with E-state index < -0.39 is 5.97 Å². The Morgan fingerprint density at radius 1 is 1.35 bits per heavy atom. The molecule has 0 bridgehead atoms. The number of nitrogens with two attached hydrogens (primary N) is 1. The average molecular weight is 353 g/mol. The highest BCUT2D eigenvalue weighted by atomic mass is 35.5. The molecule has 0 aliphatic carbocycles. The van der Waals surface area contributed by atoms with Crippen LogP contribution < -0.4 is 11.1 Å². The van der Waals surface area contributed by atoms with Crippen molar-refractivity contribution in [3.8, 4) is 0 Å². The van der Waals surface area contributed by atoms with Gasteiger partial charge in [-0.15, -0.1) is 0 Å². The van der Waals surface area contributed by atoms with Crippen molar-refractivity contribution in [2.75, 3.05) is 18.2 Å². The molecule has 9 heteroatoms. The fraction of sp³-hybridized carbons (Fsp3) is 0.0909. The van der Waals surface area contributed by atoms with Crippen molar-refractivity contribution in [1.82, 2.24) is 4.98 Å². The molecular weight excluding hydrogens is 345 g/mol. The number of hydrogen-bond donors (Lipinski definition) is 2. The van der Waals surface area contributed by atoms with E-state index in [0.29, 0.717) is 26.6 Å². The molecule has 0 aliphatic heterocycles. The highest BCUT2D eigenvalue weighted by Gasteiger charge is 2.17. The normalized spacial score (nSPS) is 10.4. The Labute approximate surface area is 133 Å². The first-order valence-corrected chi connectivity index (χ1v) is 7.13. The molecule has 0 amide bonds. The number of aromatic nitrogens is 1. The number of thiazole rings is 1. The summed E-state index contributed by atoms with van der Waals surface area (Å²) in [4.78, 5) is 15.7. The van der Waals surface area contributed by atoms with Gasteiger partial charge in [0.15, 0.2) is 15.2 Å². The van der Waals surface area contributed by atoms with Crippen LogP contribution in [0.4, 0.5) is 16.5 Å². The van der Waals surface area contributed by atoms with Crippen molar-refractivity contribution in [1.29, 1.82) is 0 Å². The van der Waals surface area contributed by atoms with Crippen LogP contribution in [0.5, 0.6) is 0 Å². The first-order chi connectivity index (χ1) is 9.42. The summed E-state index contributed by atoms with van der Waals surface area (Å²) in [6.45, 7) is 0. The monoisotopic (exact) mass is 351 g/mol. The maximum atomic E-state index is 11.4. The molecule has 3 N–H and O–H groups in total. The first-order valence-electron chi connectivity index (χ1n) is 5.18. The van der Waals surface area contributed by atoms with Crippen molar-refractivity contribution in [3.63, 3.8) is 0 Å². The predicted molar refractivity (Wildman–Crippen MR) is 82.6 cm³/mol. The molecule has 1 aromatic carbocycles. The third kappa shape index (κ3) is 3.09. The number of ether oxygens (including phenoxy) is 1. The number of nitrogen functional groups attached to an aromatic ring is 1. The van der Waals surface area contributed by atoms with E-state index in [-0.39, 0.29) is 10.0 Å². The van der Waals surface area contributed by atoms with Gasteiger partial charge in [-0.3, -0.25) is 0 Å². The number of rotatable bonds is 3. The molecule has 20 heavy (non-hydrogen) atoms. The lowest BCUT2D eigenvalue weighted by molar-refractivity contribution is 0.0606. The smallest absolute Gasteiger partial charge is 0.351 e. The minimum absolute atomic E-state index is 0.0667. The summed E-state index contributed by atoms with van der Waals surface area (Å²) in [6, 6.07) is 3.19. The highest BCUT2D eigenvalue weighted by molar-refractivity contribution is 7.18. The van der Waals surface area contributed by atoms with E-state index in [1.165, 1.54) is 7.11 Å². The van der Waals surface area contributed by atoms with Gasteiger partial charge in [0.2, 0.25) is 0 Å². The number of esters is 1. The molecule has 1 aromatic heterocycles. The topological polar surface area (TPSA) is 77.2 Å². The van der Waals surface area contributed by atoms with E-state index in [2.05, 4.69) is 15.0 Å². The number of benzene rings is 1. The molecule has 0 saturated carbocycles. The lowest BCUT2D eigenvalue weighted by Gasteiger charge is -2.06. The van der Waals surface area contributed by atoms with Crippen LogP contribution in [0.15, 0.2) is 12.1 Å². The second kappa shape index (κ2) is 6.05. The van der Waals surface area contributed by atoms with Gasteiger partial charge < -0.3 is 15.8 Å². The van der Waals surface area contributed by atoms with Crippen LogP contribution in [0.3, 0.4) is 0 Å². The fourth-order valence-electron chi connectivity index (χ4n) is 1.35. The highest BCUT2D eigenvalue weighted by Crippen LogP contribution is 2.34. The molecule has 2 rings (SSSR count). The number of halogens is 3.